The summed E-state index contributed by atoms with van der Waals surface area (Å²) in [6.07, 6.45) is 6.49. The number of aromatic nitrogens is 2. The lowest BCUT2D eigenvalue weighted by Gasteiger charge is -2.29. The van der Waals surface area contributed by atoms with Gasteiger partial charge >= 0.3 is 0 Å². The fourth-order valence-corrected chi connectivity index (χ4v) is 2.66. The number of rotatable bonds is 3. The Balaban J connectivity index is 2.26. The Morgan fingerprint density at radius 2 is 2.33 bits per heavy atom. The molecule has 2 rings (SSSR count). The van der Waals surface area contributed by atoms with Crippen molar-refractivity contribution in [2.24, 2.45) is 5.73 Å². The van der Waals surface area contributed by atoms with Crippen molar-refractivity contribution in [1.82, 2.24) is 9.97 Å². The predicted molar refractivity (Wildman–Crippen MR) is 74.9 cm³/mol. The minimum Gasteiger partial charge on any atom is -0.480 e. The van der Waals surface area contributed by atoms with Gasteiger partial charge in [-0.25, -0.2) is 4.98 Å². The number of ether oxygens (including phenoxy) is 1. The Labute approximate surface area is 116 Å². The predicted octanol–water partition coefficient (Wildman–Crippen LogP) is 1.96. The van der Waals surface area contributed by atoms with Gasteiger partial charge in [-0.3, -0.25) is 0 Å². The average molecular weight is 315 g/mol. The van der Waals surface area contributed by atoms with E-state index in [2.05, 4.69) is 30.8 Å². The number of halogens is 1. The Bertz CT molecular complexity index is 402. The zero-order chi connectivity index (χ0) is 13.0. The second kappa shape index (κ2) is 6.33. The minimum atomic E-state index is 0.332. The molecule has 1 aromatic heterocycles. The van der Waals surface area contributed by atoms with Gasteiger partial charge in [0.05, 0.1) is 17.8 Å². The van der Waals surface area contributed by atoms with E-state index in [4.69, 9.17) is 10.5 Å². The maximum Gasteiger partial charge on any atom is 0.232 e. The minimum absolute atomic E-state index is 0.332. The van der Waals surface area contributed by atoms with Gasteiger partial charge in [0.2, 0.25) is 11.8 Å². The van der Waals surface area contributed by atoms with Crippen LogP contribution in [-0.4, -0.2) is 36.2 Å². The first-order chi connectivity index (χ1) is 8.76. The molecule has 1 aromatic rings. The molecular weight excluding hydrogens is 296 g/mol. The number of hydrogen-bond acceptors (Lipinski definition) is 5. The monoisotopic (exact) mass is 314 g/mol. The van der Waals surface area contributed by atoms with E-state index >= 15 is 0 Å². The summed E-state index contributed by atoms with van der Waals surface area (Å²) < 4.78 is 5.99. The number of nitrogens with zero attached hydrogens (tertiary/aromatic N) is 3. The third-order valence-corrected chi connectivity index (χ3v) is 3.84. The highest BCUT2D eigenvalue weighted by Crippen LogP contribution is 2.26. The zero-order valence-electron chi connectivity index (χ0n) is 10.6. The van der Waals surface area contributed by atoms with Gasteiger partial charge in [-0.2, -0.15) is 4.98 Å². The van der Waals surface area contributed by atoms with Gasteiger partial charge in [0.25, 0.3) is 0 Å². The Morgan fingerprint density at radius 1 is 1.50 bits per heavy atom. The van der Waals surface area contributed by atoms with E-state index < -0.39 is 0 Å². The topological polar surface area (TPSA) is 64.3 Å². The molecule has 1 aliphatic heterocycles. The van der Waals surface area contributed by atoms with E-state index in [1.165, 1.54) is 12.8 Å². The van der Waals surface area contributed by atoms with E-state index in [-0.39, 0.29) is 0 Å². The van der Waals surface area contributed by atoms with Crippen molar-refractivity contribution >= 4 is 21.9 Å². The highest BCUT2D eigenvalue weighted by Gasteiger charge is 2.22. The van der Waals surface area contributed by atoms with E-state index in [0.29, 0.717) is 24.4 Å². The van der Waals surface area contributed by atoms with Gasteiger partial charge in [-0.15, -0.1) is 0 Å². The lowest BCUT2D eigenvalue weighted by atomic mass is 10.1. The van der Waals surface area contributed by atoms with Gasteiger partial charge in [-0.1, -0.05) is 12.8 Å². The highest BCUT2D eigenvalue weighted by molar-refractivity contribution is 9.10. The molecule has 0 aliphatic carbocycles. The van der Waals surface area contributed by atoms with Crippen molar-refractivity contribution in [1.29, 1.82) is 0 Å². The van der Waals surface area contributed by atoms with Crippen LogP contribution in [0.3, 0.4) is 0 Å². The third-order valence-electron chi connectivity index (χ3n) is 3.30. The third kappa shape index (κ3) is 2.92. The van der Waals surface area contributed by atoms with Crippen LogP contribution in [0.15, 0.2) is 10.7 Å². The molecule has 1 atom stereocenters. The van der Waals surface area contributed by atoms with E-state index in [0.717, 1.165) is 23.9 Å². The van der Waals surface area contributed by atoms with Crippen molar-refractivity contribution < 1.29 is 4.74 Å². The van der Waals surface area contributed by atoms with Gasteiger partial charge in [0.1, 0.15) is 0 Å². The van der Waals surface area contributed by atoms with E-state index in [1.54, 1.807) is 13.3 Å². The highest BCUT2D eigenvalue weighted by atomic mass is 79.9. The van der Waals surface area contributed by atoms with Gasteiger partial charge in [-0.05, 0) is 28.8 Å². The fourth-order valence-electron chi connectivity index (χ4n) is 2.31. The summed E-state index contributed by atoms with van der Waals surface area (Å²) in [6.45, 7) is 1.61. The fraction of sp³-hybridized carbons (Fsp3) is 0.667. The zero-order valence-corrected chi connectivity index (χ0v) is 12.2. The number of hydrogen-bond donors (Lipinski definition) is 1. The molecule has 0 saturated carbocycles. The summed E-state index contributed by atoms with van der Waals surface area (Å²) in [5.74, 6) is 1.28. The molecule has 1 aliphatic rings. The molecule has 5 nitrogen and oxygen atoms in total. The SMILES string of the molecule is COc1nc(N2CCCCCC2CN)ncc1Br. The molecule has 100 valence electrons. The molecular formula is C12H19BrN4O. The Hall–Kier alpha value is -0.880. The lowest BCUT2D eigenvalue weighted by molar-refractivity contribution is 0.393. The second-order valence-corrected chi connectivity index (χ2v) is 5.31. The Morgan fingerprint density at radius 3 is 3.06 bits per heavy atom. The normalized spacial score (nSPS) is 20.6. The summed E-state index contributed by atoms with van der Waals surface area (Å²) in [5.41, 5.74) is 5.86. The maximum atomic E-state index is 5.86. The molecule has 0 aromatic carbocycles. The van der Waals surface area contributed by atoms with Gasteiger partial charge in [0.15, 0.2) is 0 Å². The molecule has 1 saturated heterocycles. The van der Waals surface area contributed by atoms with Crippen molar-refractivity contribution in [3.05, 3.63) is 10.7 Å². The lowest BCUT2D eigenvalue weighted by Crippen LogP contribution is -2.41. The molecule has 2 N–H and O–H groups in total. The average Bonchev–Trinajstić information content (AvgIpc) is 2.64. The number of nitrogens with two attached hydrogens (primary N) is 1. The second-order valence-electron chi connectivity index (χ2n) is 4.46. The molecule has 0 amide bonds. The molecule has 1 fully saturated rings. The first kappa shape index (κ1) is 13.5. The first-order valence-corrected chi connectivity index (χ1v) is 7.08. The first-order valence-electron chi connectivity index (χ1n) is 6.29. The van der Waals surface area contributed by atoms with Crippen LogP contribution >= 0.6 is 15.9 Å². The number of anilines is 1. The van der Waals surface area contributed by atoms with Crippen LogP contribution < -0.4 is 15.4 Å². The van der Waals surface area contributed by atoms with Crippen molar-refractivity contribution in [2.45, 2.75) is 31.7 Å². The van der Waals surface area contributed by atoms with Crippen molar-refractivity contribution in [2.75, 3.05) is 25.1 Å². The van der Waals surface area contributed by atoms with Crippen molar-refractivity contribution in [3.8, 4) is 5.88 Å². The smallest absolute Gasteiger partial charge is 0.232 e. The maximum absolute atomic E-state index is 5.86. The van der Waals surface area contributed by atoms with Crippen LogP contribution in [0.2, 0.25) is 0 Å². The summed E-state index contributed by atoms with van der Waals surface area (Å²) >= 11 is 3.37. The van der Waals surface area contributed by atoms with Crippen LogP contribution in [0.1, 0.15) is 25.7 Å². The molecule has 0 spiro atoms. The van der Waals surface area contributed by atoms with E-state index in [1.807, 2.05) is 0 Å². The number of methoxy groups -OCH3 is 1. The largest absolute Gasteiger partial charge is 0.480 e. The summed E-state index contributed by atoms with van der Waals surface area (Å²) in [6, 6.07) is 0.332. The van der Waals surface area contributed by atoms with Crippen LogP contribution in [0.4, 0.5) is 5.95 Å². The van der Waals surface area contributed by atoms with Gasteiger partial charge in [0, 0.05) is 19.1 Å². The van der Waals surface area contributed by atoms with Gasteiger partial charge < -0.3 is 15.4 Å². The van der Waals surface area contributed by atoms with Crippen LogP contribution in [0.5, 0.6) is 5.88 Å². The molecule has 0 radical (unpaired) electrons. The molecule has 2 heterocycles. The standard InChI is InChI=1S/C12H19BrN4O/c1-18-11-10(13)8-15-12(16-11)17-6-4-2-3-5-9(17)7-14/h8-9H,2-7,14H2,1H3. The molecule has 0 bridgehead atoms. The summed E-state index contributed by atoms with van der Waals surface area (Å²) in [5, 5.41) is 0. The molecule has 1 unspecified atom stereocenters. The molecule has 18 heavy (non-hydrogen) atoms. The summed E-state index contributed by atoms with van der Waals surface area (Å²) in [7, 11) is 1.61. The molecule has 6 heteroatoms. The summed E-state index contributed by atoms with van der Waals surface area (Å²) in [4.78, 5) is 11.0. The Kier molecular flexibility index (Phi) is 4.77. The van der Waals surface area contributed by atoms with Crippen LogP contribution in [0, 0.1) is 0 Å². The van der Waals surface area contributed by atoms with E-state index in [9.17, 15) is 0 Å². The quantitative estimate of drug-likeness (QED) is 0.924. The van der Waals surface area contributed by atoms with Crippen molar-refractivity contribution in [3.63, 3.8) is 0 Å². The van der Waals surface area contributed by atoms with Crippen LogP contribution in [-0.2, 0) is 0 Å². The van der Waals surface area contributed by atoms with Crippen LogP contribution in [0.25, 0.3) is 0 Å².